The standard InChI is InChI=1S/C35H40ClF2N5O3Si/c1-34(2,3)47(25-11-6-4-7-12-25,26-13-8-5-9-14-26)46-18-15-24-21-44-32-27-29(28(38)30(36)41-32)40-33(42-31(27)39-24)45-22-35-16-10-17-43(35)20-23(37)19-35/h4-9,11-14,23-24H,10,15-22H2,1-3H3,(H,39,40,42)/t23-,24+,35+/m1/s1. The molecule has 0 unspecified atom stereocenters. The van der Waals surface area contributed by atoms with Gasteiger partial charge in [0.05, 0.1) is 11.6 Å². The highest BCUT2D eigenvalue weighted by Crippen LogP contribution is 2.42. The first-order chi connectivity index (χ1) is 22.6. The highest BCUT2D eigenvalue weighted by molar-refractivity contribution is 6.99. The number of rotatable bonds is 9. The predicted molar refractivity (Wildman–Crippen MR) is 182 cm³/mol. The maximum Gasteiger partial charge on any atom is 0.319 e. The molecule has 0 aliphatic carbocycles. The molecule has 0 saturated carbocycles. The largest absolute Gasteiger partial charge is 0.475 e. The van der Waals surface area contributed by atoms with Crippen LogP contribution in [-0.2, 0) is 4.43 Å². The van der Waals surface area contributed by atoms with Gasteiger partial charge >= 0.3 is 6.01 Å². The highest BCUT2D eigenvalue weighted by atomic mass is 35.5. The van der Waals surface area contributed by atoms with Crippen molar-refractivity contribution in [1.82, 2.24) is 19.9 Å². The average molecular weight is 680 g/mol. The fraction of sp³-hybridized carbons (Fsp3) is 0.457. The molecule has 3 atom stereocenters. The zero-order valence-electron chi connectivity index (χ0n) is 26.9. The van der Waals surface area contributed by atoms with E-state index in [0.717, 1.165) is 19.4 Å². The molecule has 1 N–H and O–H groups in total. The average Bonchev–Trinajstić information content (AvgIpc) is 3.52. The number of anilines is 1. The Morgan fingerprint density at radius 3 is 2.45 bits per heavy atom. The smallest absolute Gasteiger partial charge is 0.319 e. The molecule has 7 rings (SSSR count). The normalized spacial score (nSPS) is 22.9. The van der Waals surface area contributed by atoms with Crippen LogP contribution in [0.4, 0.5) is 14.6 Å². The van der Waals surface area contributed by atoms with Crippen molar-refractivity contribution in [3.8, 4) is 11.9 Å². The molecule has 5 heterocycles. The van der Waals surface area contributed by atoms with Crippen molar-refractivity contribution in [3.63, 3.8) is 0 Å². The number of nitrogens with zero attached hydrogens (tertiary/aromatic N) is 4. The van der Waals surface area contributed by atoms with E-state index in [4.69, 9.17) is 25.5 Å². The Morgan fingerprint density at radius 1 is 1.06 bits per heavy atom. The van der Waals surface area contributed by atoms with Crippen molar-refractivity contribution >= 4 is 47.0 Å². The monoisotopic (exact) mass is 679 g/mol. The SMILES string of the molecule is CC(C)(C)[Si](OCC[C@H]1COc2nc(Cl)c(F)c3nc(OC[C@@]45CCCN4C[C@H](F)C5)nc(c23)N1)(c1ccccc1)c1ccccc1. The summed E-state index contributed by atoms with van der Waals surface area (Å²) < 4.78 is 49.1. The van der Waals surface area contributed by atoms with Gasteiger partial charge in [-0.2, -0.15) is 15.0 Å². The third-order valence-corrected chi connectivity index (χ3v) is 15.2. The van der Waals surface area contributed by atoms with Crippen molar-refractivity contribution in [2.45, 2.75) is 69.2 Å². The number of hydrogen-bond acceptors (Lipinski definition) is 8. The van der Waals surface area contributed by atoms with E-state index in [1.807, 2.05) is 12.1 Å². The number of halogens is 3. The number of aromatic nitrogens is 3. The van der Waals surface area contributed by atoms with Crippen molar-refractivity contribution in [2.75, 3.05) is 38.2 Å². The van der Waals surface area contributed by atoms with Crippen molar-refractivity contribution in [2.24, 2.45) is 0 Å². The Hall–Kier alpha value is -3.38. The number of ether oxygens (including phenoxy) is 2. The lowest BCUT2D eigenvalue weighted by Gasteiger charge is -2.43. The predicted octanol–water partition coefficient (Wildman–Crippen LogP) is 5.91. The molecule has 4 aromatic rings. The fourth-order valence-electron chi connectivity index (χ4n) is 7.70. The molecule has 2 fully saturated rings. The molecule has 8 nitrogen and oxygen atoms in total. The van der Waals surface area contributed by atoms with E-state index in [-0.39, 0.29) is 46.9 Å². The van der Waals surface area contributed by atoms with E-state index in [2.05, 4.69) is 94.5 Å². The third kappa shape index (κ3) is 5.85. The maximum atomic E-state index is 15.4. The van der Waals surface area contributed by atoms with E-state index in [9.17, 15) is 4.39 Å². The summed E-state index contributed by atoms with van der Waals surface area (Å²) in [6.45, 7) is 8.87. The van der Waals surface area contributed by atoms with Crippen molar-refractivity contribution in [1.29, 1.82) is 0 Å². The molecule has 0 spiro atoms. The van der Waals surface area contributed by atoms with E-state index in [1.54, 1.807) is 0 Å². The number of nitrogens with one attached hydrogen (secondary N) is 1. The summed E-state index contributed by atoms with van der Waals surface area (Å²) in [6.07, 6.45) is 1.90. The van der Waals surface area contributed by atoms with Gasteiger partial charge in [-0.25, -0.2) is 8.78 Å². The quantitative estimate of drug-likeness (QED) is 0.173. The molecule has 3 aliphatic heterocycles. The summed E-state index contributed by atoms with van der Waals surface area (Å²) >= 11 is 6.20. The van der Waals surface area contributed by atoms with Crippen molar-refractivity contribution in [3.05, 3.63) is 71.6 Å². The topological polar surface area (TPSA) is 81.6 Å². The van der Waals surface area contributed by atoms with Crippen LogP contribution in [0.2, 0.25) is 10.2 Å². The first-order valence-corrected chi connectivity index (χ1v) is 18.6. The molecule has 248 valence electrons. The number of benzene rings is 2. The minimum atomic E-state index is -2.75. The lowest BCUT2D eigenvalue weighted by atomic mass is 9.95. The van der Waals surface area contributed by atoms with Gasteiger partial charge < -0.3 is 19.2 Å². The number of hydrogen-bond donors (Lipinski definition) is 1. The van der Waals surface area contributed by atoms with Crippen LogP contribution >= 0.6 is 11.6 Å². The van der Waals surface area contributed by atoms with Gasteiger partial charge in [-0.15, -0.1) is 0 Å². The molecule has 2 saturated heterocycles. The Bertz CT molecular complexity index is 1710. The van der Waals surface area contributed by atoms with Crippen LogP contribution in [0.25, 0.3) is 10.9 Å². The Morgan fingerprint density at radius 2 is 1.77 bits per heavy atom. The minimum Gasteiger partial charge on any atom is -0.475 e. The van der Waals surface area contributed by atoms with Gasteiger partial charge in [-0.05, 0) is 41.2 Å². The van der Waals surface area contributed by atoms with Crippen LogP contribution in [-0.4, -0.2) is 78.8 Å². The summed E-state index contributed by atoms with van der Waals surface area (Å²) in [4.78, 5) is 15.4. The second kappa shape index (κ2) is 12.6. The minimum absolute atomic E-state index is 0.000128. The van der Waals surface area contributed by atoms with E-state index in [1.165, 1.54) is 10.4 Å². The number of pyridine rings is 1. The van der Waals surface area contributed by atoms with Crippen LogP contribution in [0.15, 0.2) is 60.7 Å². The van der Waals surface area contributed by atoms with Crippen LogP contribution in [0.3, 0.4) is 0 Å². The molecule has 3 aliphatic rings. The molecule has 0 radical (unpaired) electrons. The second-order valence-corrected chi connectivity index (χ2v) is 18.6. The first kappa shape index (κ1) is 32.2. The van der Waals surface area contributed by atoms with E-state index >= 15 is 4.39 Å². The Labute approximate surface area is 279 Å². The summed E-state index contributed by atoms with van der Waals surface area (Å²) in [5.74, 6) is -0.262. The highest BCUT2D eigenvalue weighted by Gasteiger charge is 2.51. The fourth-order valence-corrected chi connectivity index (χ4v) is 12.4. The summed E-state index contributed by atoms with van der Waals surface area (Å²) in [5, 5.41) is 5.65. The molecular weight excluding hydrogens is 640 g/mol. The van der Waals surface area contributed by atoms with E-state index < -0.39 is 25.8 Å². The Kier molecular flexibility index (Phi) is 8.61. The molecule has 0 amide bonds. The number of alkyl halides is 1. The van der Waals surface area contributed by atoms with Gasteiger partial charge in [0.25, 0.3) is 8.32 Å². The molecular formula is C35H40ClF2N5O3Si. The molecule has 2 aromatic heterocycles. The maximum absolute atomic E-state index is 15.4. The van der Waals surface area contributed by atoms with Crippen molar-refractivity contribution < 1.29 is 22.7 Å². The lowest BCUT2D eigenvalue weighted by molar-refractivity contribution is 0.107. The van der Waals surface area contributed by atoms with Gasteiger partial charge in [0, 0.05) is 19.6 Å². The number of fused-ring (bicyclic) bond motifs is 1. The van der Waals surface area contributed by atoms with Crippen LogP contribution in [0.1, 0.15) is 46.5 Å². The molecule has 0 bridgehead atoms. The van der Waals surface area contributed by atoms with Gasteiger partial charge in [0.1, 0.15) is 36.1 Å². The third-order valence-electron chi connectivity index (χ3n) is 9.89. The van der Waals surface area contributed by atoms with Crippen LogP contribution in [0, 0.1) is 5.82 Å². The second-order valence-electron chi connectivity index (χ2n) is 13.9. The molecule has 2 aromatic carbocycles. The van der Waals surface area contributed by atoms with Gasteiger partial charge in [-0.3, -0.25) is 4.90 Å². The lowest BCUT2D eigenvalue weighted by Crippen LogP contribution is -2.66. The zero-order valence-corrected chi connectivity index (χ0v) is 28.7. The van der Waals surface area contributed by atoms with Crippen LogP contribution in [0.5, 0.6) is 11.9 Å². The van der Waals surface area contributed by atoms with Gasteiger partial charge in [-0.1, -0.05) is 93.0 Å². The van der Waals surface area contributed by atoms with E-state index in [0.29, 0.717) is 37.2 Å². The van der Waals surface area contributed by atoms with Gasteiger partial charge in [0.2, 0.25) is 5.88 Å². The molecule has 47 heavy (non-hydrogen) atoms. The molecule has 12 heteroatoms. The first-order valence-electron chi connectivity index (χ1n) is 16.3. The van der Waals surface area contributed by atoms with Gasteiger partial charge in [0.15, 0.2) is 11.0 Å². The Balaban J connectivity index is 1.16. The summed E-state index contributed by atoms with van der Waals surface area (Å²) in [5.41, 5.74) is -0.435. The summed E-state index contributed by atoms with van der Waals surface area (Å²) in [7, 11) is -2.75. The zero-order chi connectivity index (χ0) is 32.8. The van der Waals surface area contributed by atoms with Crippen LogP contribution < -0.4 is 25.2 Å². The summed E-state index contributed by atoms with van der Waals surface area (Å²) in [6, 6.07) is 20.7.